The molecule has 2 aromatic heterocycles. The second-order valence-corrected chi connectivity index (χ2v) is 9.86. The third kappa shape index (κ3) is 3.75. The summed E-state index contributed by atoms with van der Waals surface area (Å²) in [5.41, 5.74) is 1.31. The monoisotopic (exact) mass is 550 g/mol. The number of carbonyl (C=O) groups is 2. The number of hydrogen-bond acceptors (Lipinski definition) is 7. The molecule has 6 rings (SSSR count). The number of hydrogen-bond donors (Lipinski definition) is 0. The van der Waals surface area contributed by atoms with Crippen LogP contribution in [0.15, 0.2) is 59.4 Å². The summed E-state index contributed by atoms with van der Waals surface area (Å²) in [4.78, 5) is 44.5. The van der Waals surface area contributed by atoms with Crippen LogP contribution < -0.4 is 10.3 Å². The average molecular weight is 551 g/mol. The molecule has 0 saturated carbocycles. The van der Waals surface area contributed by atoms with Crippen LogP contribution in [0.3, 0.4) is 0 Å². The molecule has 0 amide bonds. The van der Waals surface area contributed by atoms with Gasteiger partial charge in [0.05, 0.1) is 34.0 Å². The molecular formula is C28H20Cl2N2O6. The number of aromatic nitrogens is 2. The molecule has 0 radical (unpaired) electrons. The molecule has 0 fully saturated rings. The molecule has 192 valence electrons. The number of nitrogens with zero attached hydrogens (tertiary/aromatic N) is 2. The Morgan fingerprint density at radius 2 is 1.95 bits per heavy atom. The molecule has 38 heavy (non-hydrogen) atoms. The van der Waals surface area contributed by atoms with E-state index in [9.17, 15) is 14.4 Å². The van der Waals surface area contributed by atoms with Gasteiger partial charge in [0.15, 0.2) is 6.61 Å². The Bertz CT molecular complexity index is 1720. The van der Waals surface area contributed by atoms with E-state index in [0.29, 0.717) is 23.5 Å². The highest BCUT2D eigenvalue weighted by Gasteiger charge is 2.50. The predicted octanol–water partition coefficient (Wildman–Crippen LogP) is 5.02. The van der Waals surface area contributed by atoms with E-state index < -0.39 is 24.1 Å². The van der Waals surface area contributed by atoms with E-state index in [0.717, 1.165) is 16.5 Å². The fraction of sp³-hybridized carbons (Fsp3) is 0.214. The minimum absolute atomic E-state index is 0.0450. The van der Waals surface area contributed by atoms with Crippen LogP contribution in [-0.2, 0) is 37.8 Å². The van der Waals surface area contributed by atoms with Crippen molar-refractivity contribution in [3.05, 3.63) is 91.7 Å². The van der Waals surface area contributed by atoms with Crippen LogP contribution in [0.4, 0.5) is 0 Å². The van der Waals surface area contributed by atoms with Crippen LogP contribution in [0.1, 0.15) is 30.0 Å². The number of pyridine rings is 2. The van der Waals surface area contributed by atoms with Crippen molar-refractivity contribution >= 4 is 46.0 Å². The number of halogens is 2. The van der Waals surface area contributed by atoms with Gasteiger partial charge < -0.3 is 18.8 Å². The largest absolute Gasteiger partial charge is 0.480 e. The van der Waals surface area contributed by atoms with Gasteiger partial charge in [-0.05, 0) is 36.8 Å². The van der Waals surface area contributed by atoms with Gasteiger partial charge in [-0.1, -0.05) is 54.4 Å². The maximum atomic E-state index is 13.6. The molecule has 0 spiro atoms. The van der Waals surface area contributed by atoms with Gasteiger partial charge in [0, 0.05) is 16.5 Å². The van der Waals surface area contributed by atoms with Gasteiger partial charge in [-0.2, -0.15) is 0 Å². The smallest absolute Gasteiger partial charge is 0.355 e. The summed E-state index contributed by atoms with van der Waals surface area (Å²) >= 11 is 12.1. The van der Waals surface area contributed by atoms with Gasteiger partial charge in [-0.3, -0.25) is 4.79 Å². The lowest BCUT2D eigenvalue weighted by atomic mass is 9.85. The van der Waals surface area contributed by atoms with E-state index in [4.69, 9.17) is 42.4 Å². The van der Waals surface area contributed by atoms with Crippen LogP contribution in [0, 0.1) is 0 Å². The lowest BCUT2D eigenvalue weighted by Gasteiger charge is -2.35. The number of fused-ring (bicyclic) bond motifs is 5. The average Bonchev–Trinajstić information content (AvgIpc) is 3.27. The molecule has 2 aromatic carbocycles. The van der Waals surface area contributed by atoms with Crippen molar-refractivity contribution < 1.29 is 23.8 Å². The molecule has 8 nitrogen and oxygen atoms in total. The van der Waals surface area contributed by atoms with E-state index in [1.807, 2.05) is 30.3 Å². The van der Waals surface area contributed by atoms with Crippen molar-refractivity contribution in [1.29, 1.82) is 0 Å². The maximum absolute atomic E-state index is 13.6. The summed E-state index contributed by atoms with van der Waals surface area (Å²) in [6.07, 6.45) is 0.0450. The highest BCUT2D eigenvalue weighted by molar-refractivity contribution is 6.42. The summed E-state index contributed by atoms with van der Waals surface area (Å²) in [7, 11) is 0. The second-order valence-electron chi connectivity index (χ2n) is 9.07. The van der Waals surface area contributed by atoms with Gasteiger partial charge in [0.25, 0.3) is 5.56 Å². The zero-order valence-electron chi connectivity index (χ0n) is 20.1. The number of esters is 2. The van der Waals surface area contributed by atoms with Gasteiger partial charge in [0.1, 0.15) is 17.4 Å². The summed E-state index contributed by atoms with van der Waals surface area (Å²) in [6.45, 7) is 1.27. The van der Waals surface area contributed by atoms with E-state index in [1.165, 1.54) is 0 Å². The Labute approximate surface area is 226 Å². The molecule has 1 unspecified atom stereocenters. The summed E-state index contributed by atoms with van der Waals surface area (Å²) in [5.74, 6) is -1.40. The first-order valence-corrected chi connectivity index (χ1v) is 12.7. The number of rotatable bonds is 5. The Morgan fingerprint density at radius 1 is 1.13 bits per heavy atom. The molecule has 0 aliphatic carbocycles. The van der Waals surface area contributed by atoms with E-state index in [1.54, 1.807) is 35.8 Å². The lowest BCUT2D eigenvalue weighted by Crippen LogP contribution is -2.48. The zero-order chi connectivity index (χ0) is 26.6. The second kappa shape index (κ2) is 9.15. The SMILES string of the molecule is CCC1(OC(=O)COc2cccc(Cl)c2Cl)C(=O)OCc2c1cc1n(c2=O)Cc2cc3ccccc3nc2-1. The summed E-state index contributed by atoms with van der Waals surface area (Å²) in [5, 5.41) is 1.38. The van der Waals surface area contributed by atoms with Crippen molar-refractivity contribution in [1.82, 2.24) is 9.55 Å². The topological polar surface area (TPSA) is 96.7 Å². The minimum atomic E-state index is -1.82. The fourth-order valence-corrected chi connectivity index (χ4v) is 5.38. The van der Waals surface area contributed by atoms with Crippen molar-refractivity contribution in [3.63, 3.8) is 0 Å². The summed E-state index contributed by atoms with van der Waals surface area (Å²) < 4.78 is 18.2. The van der Waals surface area contributed by atoms with Crippen LogP contribution >= 0.6 is 23.2 Å². The quantitative estimate of drug-likeness (QED) is 0.283. The maximum Gasteiger partial charge on any atom is 0.355 e. The third-order valence-corrected chi connectivity index (χ3v) is 7.74. The van der Waals surface area contributed by atoms with E-state index in [2.05, 4.69) is 0 Å². The first-order valence-electron chi connectivity index (χ1n) is 11.9. The van der Waals surface area contributed by atoms with Gasteiger partial charge in [-0.15, -0.1) is 0 Å². The normalized spacial score (nSPS) is 17.4. The van der Waals surface area contributed by atoms with Crippen molar-refractivity contribution in [2.24, 2.45) is 0 Å². The number of para-hydroxylation sites is 1. The first-order chi connectivity index (χ1) is 18.3. The lowest BCUT2D eigenvalue weighted by molar-refractivity contribution is -0.190. The van der Waals surface area contributed by atoms with Crippen molar-refractivity contribution in [3.8, 4) is 17.1 Å². The Hall–Kier alpha value is -3.88. The Kier molecular flexibility index (Phi) is 5.89. The highest BCUT2D eigenvalue weighted by Crippen LogP contribution is 2.41. The van der Waals surface area contributed by atoms with E-state index in [-0.39, 0.29) is 39.9 Å². The predicted molar refractivity (Wildman–Crippen MR) is 140 cm³/mol. The van der Waals surface area contributed by atoms with Gasteiger partial charge in [-0.25, -0.2) is 14.6 Å². The summed E-state index contributed by atoms with van der Waals surface area (Å²) in [6, 6.07) is 16.2. The number of ether oxygens (including phenoxy) is 3. The number of carbonyl (C=O) groups excluding carboxylic acids is 2. The minimum Gasteiger partial charge on any atom is -0.480 e. The molecule has 4 heterocycles. The van der Waals surface area contributed by atoms with Crippen LogP contribution in [-0.4, -0.2) is 28.1 Å². The number of benzene rings is 2. The third-order valence-electron chi connectivity index (χ3n) is 6.93. The van der Waals surface area contributed by atoms with Gasteiger partial charge >= 0.3 is 11.9 Å². The standard InChI is InChI=1S/C28H20Cl2N2O6/c1-2-28(38-23(33)14-36-22-9-5-7-19(29)24(22)30)18-11-21-25-16(10-15-6-3-4-8-20(15)31-25)12-32(21)26(34)17(18)13-37-27(28)35/h3-11H,2,12-14H2,1H3. The molecule has 2 aliphatic heterocycles. The molecule has 0 saturated heterocycles. The molecule has 2 aliphatic rings. The molecule has 4 aromatic rings. The van der Waals surface area contributed by atoms with Crippen molar-refractivity contribution in [2.45, 2.75) is 32.1 Å². The van der Waals surface area contributed by atoms with Crippen molar-refractivity contribution in [2.75, 3.05) is 6.61 Å². The van der Waals surface area contributed by atoms with Gasteiger partial charge in [0.2, 0.25) is 5.60 Å². The Morgan fingerprint density at radius 3 is 2.76 bits per heavy atom. The Balaban J connectivity index is 1.39. The van der Waals surface area contributed by atoms with Crippen LogP contribution in [0.25, 0.3) is 22.3 Å². The highest BCUT2D eigenvalue weighted by atomic mass is 35.5. The first kappa shape index (κ1) is 24.5. The molecular weight excluding hydrogens is 531 g/mol. The molecule has 10 heteroatoms. The fourth-order valence-electron chi connectivity index (χ4n) is 5.04. The van der Waals surface area contributed by atoms with E-state index >= 15 is 0 Å². The molecule has 0 bridgehead atoms. The molecule has 0 N–H and O–H groups in total. The van der Waals surface area contributed by atoms with Crippen LogP contribution in [0.2, 0.25) is 10.0 Å². The van der Waals surface area contributed by atoms with Crippen LogP contribution in [0.5, 0.6) is 5.75 Å². The number of cyclic esters (lactones) is 1. The zero-order valence-corrected chi connectivity index (χ0v) is 21.6. The molecule has 1 atom stereocenters.